The fourth-order valence-corrected chi connectivity index (χ4v) is 2.41. The third kappa shape index (κ3) is 3.16. The second kappa shape index (κ2) is 5.88. The molecule has 1 heterocycles. The highest BCUT2D eigenvalue weighted by molar-refractivity contribution is 7.20. The van der Waals surface area contributed by atoms with Crippen molar-refractivity contribution in [3.8, 4) is 0 Å². The molecule has 110 valence electrons. The monoisotopic (exact) mass is 308 g/mol. The molecule has 0 spiro atoms. The fraction of sp³-hybridized carbons (Fsp3) is 0.154. The SMILES string of the molecule is CNc1nc(C(N)=O)c(NC(=O)c2ccc(C)c(F)c2)s1. The number of aryl methyl sites for hydroxylation is 1. The maximum absolute atomic E-state index is 13.5. The summed E-state index contributed by atoms with van der Waals surface area (Å²) in [5.74, 6) is -1.76. The predicted octanol–water partition coefficient (Wildman–Crippen LogP) is 1.98. The Labute approximate surface area is 124 Å². The van der Waals surface area contributed by atoms with Crippen LogP contribution in [0.4, 0.5) is 14.5 Å². The van der Waals surface area contributed by atoms with E-state index in [4.69, 9.17) is 5.73 Å². The minimum Gasteiger partial charge on any atom is -0.365 e. The average Bonchev–Trinajstić information content (AvgIpc) is 2.85. The third-order valence-corrected chi connectivity index (χ3v) is 3.72. The Hall–Kier alpha value is -2.48. The van der Waals surface area contributed by atoms with Crippen molar-refractivity contribution in [3.63, 3.8) is 0 Å². The third-order valence-electron chi connectivity index (χ3n) is 2.74. The zero-order valence-electron chi connectivity index (χ0n) is 11.4. The Kier molecular flexibility index (Phi) is 4.18. The Morgan fingerprint density at radius 1 is 1.38 bits per heavy atom. The second-order valence-electron chi connectivity index (χ2n) is 4.23. The summed E-state index contributed by atoms with van der Waals surface area (Å²) in [4.78, 5) is 27.3. The summed E-state index contributed by atoms with van der Waals surface area (Å²) in [6.07, 6.45) is 0. The zero-order valence-corrected chi connectivity index (χ0v) is 12.2. The minimum absolute atomic E-state index is 0.0368. The lowest BCUT2D eigenvalue weighted by atomic mass is 10.1. The molecule has 0 saturated heterocycles. The smallest absolute Gasteiger partial charge is 0.270 e. The van der Waals surface area contributed by atoms with Gasteiger partial charge in [0.25, 0.3) is 11.8 Å². The summed E-state index contributed by atoms with van der Waals surface area (Å²) in [7, 11) is 1.63. The van der Waals surface area contributed by atoms with Crippen LogP contribution in [-0.2, 0) is 0 Å². The maximum atomic E-state index is 13.5. The molecule has 0 aliphatic carbocycles. The zero-order chi connectivity index (χ0) is 15.6. The van der Waals surface area contributed by atoms with Crippen molar-refractivity contribution in [3.05, 3.63) is 40.8 Å². The Bertz CT molecular complexity index is 714. The van der Waals surface area contributed by atoms with Crippen LogP contribution in [0.15, 0.2) is 18.2 Å². The van der Waals surface area contributed by atoms with E-state index in [0.29, 0.717) is 10.7 Å². The lowest BCUT2D eigenvalue weighted by Gasteiger charge is -2.04. The predicted molar refractivity (Wildman–Crippen MR) is 79.3 cm³/mol. The van der Waals surface area contributed by atoms with E-state index in [0.717, 1.165) is 17.4 Å². The first-order valence-corrected chi connectivity index (χ1v) is 6.80. The molecule has 0 atom stereocenters. The molecule has 8 heteroatoms. The van der Waals surface area contributed by atoms with Crippen LogP contribution in [0.25, 0.3) is 0 Å². The van der Waals surface area contributed by atoms with E-state index in [1.807, 2.05) is 0 Å². The van der Waals surface area contributed by atoms with Crippen LogP contribution in [0.5, 0.6) is 0 Å². The van der Waals surface area contributed by atoms with E-state index < -0.39 is 17.6 Å². The van der Waals surface area contributed by atoms with Crippen LogP contribution in [0.3, 0.4) is 0 Å². The molecule has 2 rings (SSSR count). The van der Waals surface area contributed by atoms with Crippen LogP contribution in [-0.4, -0.2) is 23.8 Å². The number of nitrogens with two attached hydrogens (primary N) is 1. The van der Waals surface area contributed by atoms with Crippen LogP contribution < -0.4 is 16.4 Å². The first-order chi connectivity index (χ1) is 9.92. The van der Waals surface area contributed by atoms with E-state index in [-0.39, 0.29) is 16.3 Å². The Balaban J connectivity index is 2.28. The summed E-state index contributed by atoms with van der Waals surface area (Å²) in [6.45, 7) is 1.60. The summed E-state index contributed by atoms with van der Waals surface area (Å²) in [5, 5.41) is 5.94. The largest absolute Gasteiger partial charge is 0.365 e. The molecule has 6 nitrogen and oxygen atoms in total. The van der Waals surface area contributed by atoms with E-state index in [9.17, 15) is 14.0 Å². The van der Waals surface area contributed by atoms with Gasteiger partial charge in [-0.1, -0.05) is 17.4 Å². The molecule has 0 aliphatic heterocycles. The number of primary amides is 1. The van der Waals surface area contributed by atoms with Gasteiger partial charge in [-0.05, 0) is 24.6 Å². The molecule has 2 amide bonds. The minimum atomic E-state index is -0.752. The normalized spacial score (nSPS) is 10.2. The van der Waals surface area contributed by atoms with Crippen LogP contribution in [0.1, 0.15) is 26.4 Å². The lowest BCUT2D eigenvalue weighted by molar-refractivity contribution is 0.0997. The van der Waals surface area contributed by atoms with Gasteiger partial charge in [0, 0.05) is 12.6 Å². The van der Waals surface area contributed by atoms with E-state index in [1.165, 1.54) is 12.1 Å². The van der Waals surface area contributed by atoms with Gasteiger partial charge in [0.2, 0.25) is 0 Å². The summed E-state index contributed by atoms with van der Waals surface area (Å²) < 4.78 is 13.5. The van der Waals surface area contributed by atoms with Crippen LogP contribution in [0.2, 0.25) is 0 Å². The van der Waals surface area contributed by atoms with E-state index in [2.05, 4.69) is 15.6 Å². The number of nitrogens with zero attached hydrogens (tertiary/aromatic N) is 1. The summed E-state index contributed by atoms with van der Waals surface area (Å²) in [5.41, 5.74) is 5.76. The number of rotatable bonds is 4. The Morgan fingerprint density at radius 2 is 2.10 bits per heavy atom. The molecule has 0 aliphatic rings. The van der Waals surface area contributed by atoms with Gasteiger partial charge in [0.1, 0.15) is 10.8 Å². The van der Waals surface area contributed by atoms with Crippen molar-refractivity contribution >= 4 is 33.3 Å². The van der Waals surface area contributed by atoms with E-state index >= 15 is 0 Å². The average molecular weight is 308 g/mol. The molecule has 0 unspecified atom stereocenters. The number of carbonyl (C=O) groups is 2. The number of amides is 2. The molecule has 1 aromatic heterocycles. The molecular weight excluding hydrogens is 295 g/mol. The number of halogens is 1. The van der Waals surface area contributed by atoms with Crippen LogP contribution in [0, 0.1) is 12.7 Å². The first kappa shape index (κ1) is 14.9. The second-order valence-corrected chi connectivity index (χ2v) is 5.23. The van der Waals surface area contributed by atoms with Gasteiger partial charge in [-0.25, -0.2) is 9.37 Å². The van der Waals surface area contributed by atoms with Crippen molar-refractivity contribution in [1.82, 2.24) is 4.98 Å². The highest BCUT2D eigenvalue weighted by Crippen LogP contribution is 2.28. The van der Waals surface area contributed by atoms with Gasteiger partial charge < -0.3 is 16.4 Å². The molecule has 0 fully saturated rings. The molecular formula is C13H13FN4O2S. The topological polar surface area (TPSA) is 97.1 Å². The molecule has 0 radical (unpaired) electrons. The van der Waals surface area contributed by atoms with Crippen molar-refractivity contribution in [2.45, 2.75) is 6.92 Å². The van der Waals surface area contributed by atoms with Gasteiger partial charge in [0.05, 0.1) is 0 Å². The number of hydrogen-bond donors (Lipinski definition) is 3. The fourth-order valence-electron chi connectivity index (χ4n) is 1.59. The number of hydrogen-bond acceptors (Lipinski definition) is 5. The quantitative estimate of drug-likeness (QED) is 0.804. The number of aromatic nitrogens is 1. The van der Waals surface area contributed by atoms with Crippen molar-refractivity contribution in [1.29, 1.82) is 0 Å². The first-order valence-electron chi connectivity index (χ1n) is 5.98. The molecule has 1 aromatic carbocycles. The highest BCUT2D eigenvalue weighted by Gasteiger charge is 2.18. The van der Waals surface area contributed by atoms with Gasteiger partial charge in [-0.2, -0.15) is 0 Å². The number of carbonyl (C=O) groups excluding carboxylic acids is 2. The number of anilines is 2. The summed E-state index contributed by atoms with van der Waals surface area (Å²) in [6, 6.07) is 4.14. The lowest BCUT2D eigenvalue weighted by Crippen LogP contribution is -2.17. The van der Waals surface area contributed by atoms with Crippen LogP contribution >= 0.6 is 11.3 Å². The number of thiazole rings is 1. The van der Waals surface area contributed by atoms with Crippen molar-refractivity contribution < 1.29 is 14.0 Å². The van der Waals surface area contributed by atoms with Crippen molar-refractivity contribution in [2.24, 2.45) is 5.73 Å². The molecule has 0 saturated carbocycles. The summed E-state index contributed by atoms with van der Waals surface area (Å²) >= 11 is 1.07. The maximum Gasteiger partial charge on any atom is 0.270 e. The Morgan fingerprint density at radius 3 is 2.67 bits per heavy atom. The van der Waals surface area contributed by atoms with Crippen molar-refractivity contribution in [2.75, 3.05) is 17.7 Å². The van der Waals surface area contributed by atoms with Gasteiger partial charge >= 0.3 is 0 Å². The molecule has 2 aromatic rings. The molecule has 21 heavy (non-hydrogen) atoms. The van der Waals surface area contributed by atoms with Gasteiger partial charge in [-0.3, -0.25) is 9.59 Å². The molecule has 0 bridgehead atoms. The number of nitrogens with one attached hydrogen (secondary N) is 2. The number of benzene rings is 1. The highest BCUT2D eigenvalue weighted by atomic mass is 32.1. The molecule has 4 N–H and O–H groups in total. The standard InChI is InChI=1S/C13H13FN4O2S/c1-6-3-4-7(5-8(6)14)11(20)18-12-9(10(15)19)17-13(16-2)21-12/h3-5H,1-2H3,(H2,15,19)(H,16,17)(H,18,20). The van der Waals surface area contributed by atoms with Gasteiger partial charge in [-0.15, -0.1) is 0 Å². The van der Waals surface area contributed by atoms with E-state index in [1.54, 1.807) is 14.0 Å². The van der Waals surface area contributed by atoms with Gasteiger partial charge in [0.15, 0.2) is 10.8 Å².